The Kier molecular flexibility index (Phi) is 6.88. The number of ether oxygens (including phenoxy) is 2. The summed E-state index contributed by atoms with van der Waals surface area (Å²) >= 11 is 0. The van der Waals surface area contributed by atoms with Gasteiger partial charge in [-0.1, -0.05) is 0 Å². The molecule has 34 heavy (non-hydrogen) atoms. The molecule has 2 heterocycles. The lowest BCUT2D eigenvalue weighted by Gasteiger charge is -2.25. The number of aromatic nitrogens is 1. The molecule has 0 bridgehead atoms. The van der Waals surface area contributed by atoms with Gasteiger partial charge < -0.3 is 14.5 Å². The van der Waals surface area contributed by atoms with Gasteiger partial charge in [-0.15, -0.1) is 0 Å². The van der Waals surface area contributed by atoms with Gasteiger partial charge in [0.25, 0.3) is 5.56 Å². The quantitative estimate of drug-likeness (QED) is 0.516. The zero-order valence-corrected chi connectivity index (χ0v) is 20.3. The summed E-state index contributed by atoms with van der Waals surface area (Å²) in [6.45, 7) is 4.58. The lowest BCUT2D eigenvalue weighted by Crippen LogP contribution is -2.38. The molecule has 1 atom stereocenters. The molecule has 0 spiro atoms. The van der Waals surface area contributed by atoms with E-state index in [-0.39, 0.29) is 35.2 Å². The maximum absolute atomic E-state index is 13.6. The number of methoxy groups -OCH3 is 1. The molecule has 4 rings (SSSR count). The average molecular weight is 485 g/mol. The van der Waals surface area contributed by atoms with E-state index in [9.17, 15) is 18.0 Å². The number of carbonyl (C=O) groups excluding carboxylic acids is 1. The number of nitrogens with one attached hydrogen (secondary N) is 1. The Hall–Kier alpha value is -3.01. The first kappa shape index (κ1) is 24.1. The molecule has 1 aromatic heterocycles. The molecule has 1 saturated heterocycles. The van der Waals surface area contributed by atoms with Crippen LogP contribution >= 0.6 is 0 Å². The van der Waals surface area contributed by atoms with Crippen LogP contribution in [0.4, 0.5) is 0 Å². The first-order valence-corrected chi connectivity index (χ1v) is 12.6. The van der Waals surface area contributed by atoms with Gasteiger partial charge in [0, 0.05) is 30.8 Å². The van der Waals surface area contributed by atoms with Crippen molar-refractivity contribution in [1.82, 2.24) is 9.29 Å². The standard InChI is InChI=1S/C25H28N2O6S/c1-16-11-19-13-20(24(28)26-23(19)12-17(16)2)14-27(15-21-5-4-10-33-21)34(30,31)22-8-6-18(7-9-22)25(29)32-3/h6-9,11-13,21H,4-5,10,14-15H2,1-3H3,(H,26,28)/t21-/m1/s1. The third-order valence-corrected chi connectivity index (χ3v) is 8.05. The van der Waals surface area contributed by atoms with E-state index in [0.29, 0.717) is 17.7 Å². The Labute approximate surface area is 198 Å². The van der Waals surface area contributed by atoms with E-state index in [4.69, 9.17) is 4.74 Å². The Balaban J connectivity index is 1.71. The molecule has 180 valence electrons. The number of benzene rings is 2. The molecular weight excluding hydrogens is 456 g/mol. The molecule has 0 amide bonds. The number of H-pyrrole nitrogens is 1. The van der Waals surface area contributed by atoms with Gasteiger partial charge in [-0.25, -0.2) is 13.2 Å². The molecule has 3 aromatic rings. The summed E-state index contributed by atoms with van der Waals surface area (Å²) in [7, 11) is -2.71. The Morgan fingerprint density at radius 3 is 2.50 bits per heavy atom. The molecule has 1 fully saturated rings. The molecule has 0 unspecified atom stereocenters. The summed E-state index contributed by atoms with van der Waals surface area (Å²) in [6.07, 6.45) is 1.37. The fourth-order valence-electron chi connectivity index (χ4n) is 4.12. The van der Waals surface area contributed by atoms with Crippen molar-refractivity contribution in [1.29, 1.82) is 0 Å². The minimum absolute atomic E-state index is 0.0295. The number of fused-ring (bicyclic) bond motifs is 1. The lowest BCUT2D eigenvalue weighted by atomic mass is 10.0. The summed E-state index contributed by atoms with van der Waals surface area (Å²) in [4.78, 5) is 27.5. The maximum Gasteiger partial charge on any atom is 0.337 e. The van der Waals surface area contributed by atoms with Gasteiger partial charge >= 0.3 is 5.97 Å². The molecule has 0 radical (unpaired) electrons. The van der Waals surface area contributed by atoms with Crippen LogP contribution in [0.2, 0.25) is 0 Å². The van der Waals surface area contributed by atoms with E-state index in [2.05, 4.69) is 9.72 Å². The molecule has 1 aliphatic heterocycles. The molecule has 0 saturated carbocycles. The zero-order valence-electron chi connectivity index (χ0n) is 19.5. The van der Waals surface area contributed by atoms with Gasteiger partial charge in [0.15, 0.2) is 0 Å². The normalized spacial score (nSPS) is 16.3. The fraction of sp³-hybridized carbons (Fsp3) is 0.360. The number of sulfonamides is 1. The van der Waals surface area contributed by atoms with Crippen molar-refractivity contribution in [2.24, 2.45) is 0 Å². The second-order valence-electron chi connectivity index (χ2n) is 8.60. The van der Waals surface area contributed by atoms with Crippen molar-refractivity contribution >= 4 is 26.9 Å². The number of nitrogens with zero attached hydrogens (tertiary/aromatic N) is 1. The van der Waals surface area contributed by atoms with Crippen LogP contribution in [0, 0.1) is 13.8 Å². The van der Waals surface area contributed by atoms with Crippen LogP contribution in [0.1, 0.15) is 39.9 Å². The van der Waals surface area contributed by atoms with Crippen molar-refractivity contribution in [2.75, 3.05) is 20.3 Å². The number of rotatable bonds is 7. The van der Waals surface area contributed by atoms with Crippen molar-refractivity contribution in [2.45, 2.75) is 44.2 Å². The van der Waals surface area contributed by atoms with E-state index >= 15 is 0 Å². The highest BCUT2D eigenvalue weighted by molar-refractivity contribution is 7.89. The van der Waals surface area contributed by atoms with Gasteiger partial charge in [0.2, 0.25) is 10.0 Å². The molecular formula is C25H28N2O6S. The molecule has 8 nitrogen and oxygen atoms in total. The Morgan fingerprint density at radius 1 is 1.15 bits per heavy atom. The van der Waals surface area contributed by atoms with E-state index in [1.54, 1.807) is 6.07 Å². The summed E-state index contributed by atoms with van der Waals surface area (Å²) < 4.78 is 38.8. The van der Waals surface area contributed by atoms with Crippen molar-refractivity contribution < 1.29 is 22.7 Å². The lowest BCUT2D eigenvalue weighted by molar-refractivity contribution is 0.0600. The van der Waals surface area contributed by atoms with Crippen molar-refractivity contribution in [3.63, 3.8) is 0 Å². The summed E-state index contributed by atoms with van der Waals surface area (Å²) in [5.74, 6) is -0.548. The molecule has 9 heteroatoms. The molecule has 0 aliphatic carbocycles. The minimum Gasteiger partial charge on any atom is -0.465 e. The van der Waals surface area contributed by atoms with E-state index < -0.39 is 16.0 Å². The number of aryl methyl sites for hydroxylation is 2. The maximum atomic E-state index is 13.6. The van der Waals surface area contributed by atoms with Crippen molar-refractivity contribution in [3.05, 3.63) is 75.1 Å². The Bertz CT molecular complexity index is 1370. The van der Waals surface area contributed by atoms with Crippen LogP contribution in [0.5, 0.6) is 0 Å². The van der Waals surface area contributed by atoms with E-state index in [1.807, 2.05) is 26.0 Å². The Morgan fingerprint density at radius 2 is 1.85 bits per heavy atom. The second-order valence-corrected chi connectivity index (χ2v) is 10.5. The predicted octanol–water partition coefficient (Wildman–Crippen LogP) is 3.30. The van der Waals surface area contributed by atoms with Crippen LogP contribution in [-0.2, 0) is 26.0 Å². The van der Waals surface area contributed by atoms with Crippen LogP contribution in [0.3, 0.4) is 0 Å². The van der Waals surface area contributed by atoms with Gasteiger partial charge in [0.1, 0.15) is 0 Å². The van der Waals surface area contributed by atoms with E-state index in [0.717, 1.165) is 29.4 Å². The number of hydrogen-bond acceptors (Lipinski definition) is 6. The average Bonchev–Trinajstić information content (AvgIpc) is 3.33. The minimum atomic E-state index is -3.97. The number of carbonyl (C=O) groups is 1. The van der Waals surface area contributed by atoms with Gasteiger partial charge in [-0.2, -0.15) is 4.31 Å². The fourth-order valence-corrected chi connectivity index (χ4v) is 5.57. The van der Waals surface area contributed by atoms with Crippen LogP contribution < -0.4 is 5.56 Å². The number of esters is 1. The highest BCUT2D eigenvalue weighted by atomic mass is 32.2. The van der Waals surface area contributed by atoms with Gasteiger partial charge in [-0.05, 0) is 85.7 Å². The molecule has 1 N–H and O–H groups in total. The number of hydrogen-bond donors (Lipinski definition) is 1. The highest BCUT2D eigenvalue weighted by Crippen LogP contribution is 2.24. The molecule has 1 aliphatic rings. The second kappa shape index (κ2) is 9.69. The first-order chi connectivity index (χ1) is 16.2. The first-order valence-electron chi connectivity index (χ1n) is 11.1. The third kappa shape index (κ3) is 4.91. The van der Waals surface area contributed by atoms with Gasteiger partial charge in [-0.3, -0.25) is 4.79 Å². The monoisotopic (exact) mass is 484 g/mol. The summed E-state index contributed by atoms with van der Waals surface area (Å²) in [5, 5.41) is 0.842. The third-order valence-electron chi connectivity index (χ3n) is 6.23. The number of pyridine rings is 1. The van der Waals surface area contributed by atoms with E-state index in [1.165, 1.54) is 35.7 Å². The largest absolute Gasteiger partial charge is 0.465 e. The number of aromatic amines is 1. The van der Waals surface area contributed by atoms with Crippen LogP contribution in [0.15, 0.2) is 52.2 Å². The topological polar surface area (TPSA) is 106 Å². The zero-order chi connectivity index (χ0) is 24.5. The van der Waals surface area contributed by atoms with Gasteiger partial charge in [0.05, 0.1) is 23.7 Å². The van der Waals surface area contributed by atoms with Crippen LogP contribution in [-0.4, -0.2) is 50.0 Å². The highest BCUT2D eigenvalue weighted by Gasteiger charge is 2.30. The molecule has 2 aromatic carbocycles. The SMILES string of the molecule is COC(=O)c1ccc(S(=O)(=O)N(Cc2cc3cc(C)c(C)cc3[nH]c2=O)C[C@H]2CCCO2)cc1. The smallest absolute Gasteiger partial charge is 0.337 e. The van der Waals surface area contributed by atoms with Crippen molar-refractivity contribution in [3.8, 4) is 0 Å². The van der Waals surface area contributed by atoms with Crippen LogP contribution in [0.25, 0.3) is 10.9 Å². The summed E-state index contributed by atoms with van der Waals surface area (Å²) in [6, 6.07) is 11.2. The predicted molar refractivity (Wildman–Crippen MR) is 128 cm³/mol. The summed E-state index contributed by atoms with van der Waals surface area (Å²) in [5.41, 5.74) is 3.13.